The normalized spacial score (nSPS) is 19.2. The van der Waals surface area contributed by atoms with Gasteiger partial charge in [-0.05, 0) is 30.5 Å². The van der Waals surface area contributed by atoms with Crippen molar-refractivity contribution in [2.75, 3.05) is 5.73 Å². The van der Waals surface area contributed by atoms with E-state index in [2.05, 4.69) is 0 Å². The molecule has 1 aliphatic rings. The molecule has 12 heavy (non-hydrogen) atoms. The summed E-state index contributed by atoms with van der Waals surface area (Å²) in [6.07, 6.45) is 1.89. The summed E-state index contributed by atoms with van der Waals surface area (Å²) in [5.74, 6) is -0.305. The number of rotatable bonds is 1. The van der Waals surface area contributed by atoms with Crippen LogP contribution in [0.5, 0.6) is 0 Å². The summed E-state index contributed by atoms with van der Waals surface area (Å²) in [7, 11) is 0. The lowest BCUT2D eigenvalue weighted by molar-refractivity contribution is 0.625. The van der Waals surface area contributed by atoms with Crippen LogP contribution >= 0.6 is 0 Å². The summed E-state index contributed by atoms with van der Waals surface area (Å²) >= 11 is 0. The lowest BCUT2D eigenvalue weighted by Crippen LogP contribution is -2.20. The van der Waals surface area contributed by atoms with Crippen LogP contribution in [-0.2, 0) is 5.54 Å². The second-order valence-electron chi connectivity index (χ2n) is 3.39. The van der Waals surface area contributed by atoms with Gasteiger partial charge in [0, 0.05) is 11.2 Å². The Balaban J connectivity index is 2.45. The second-order valence-corrected chi connectivity index (χ2v) is 3.39. The van der Waals surface area contributed by atoms with Gasteiger partial charge in [-0.15, -0.1) is 0 Å². The number of nitrogens with two attached hydrogens (primary N) is 2. The fourth-order valence-corrected chi connectivity index (χ4v) is 1.39. The largest absolute Gasteiger partial charge is 0.398 e. The van der Waals surface area contributed by atoms with Crippen molar-refractivity contribution in [3.8, 4) is 0 Å². The molecule has 2 nitrogen and oxygen atoms in total. The first-order valence-corrected chi connectivity index (χ1v) is 3.96. The predicted molar refractivity (Wildman–Crippen MR) is 45.9 cm³/mol. The van der Waals surface area contributed by atoms with Gasteiger partial charge in [-0.3, -0.25) is 0 Å². The minimum Gasteiger partial charge on any atom is -0.398 e. The third-order valence-electron chi connectivity index (χ3n) is 2.34. The summed E-state index contributed by atoms with van der Waals surface area (Å²) in [5, 5.41) is 0. The van der Waals surface area contributed by atoms with Crippen LogP contribution in [-0.4, -0.2) is 0 Å². The maximum Gasteiger partial charge on any atom is 0.125 e. The van der Waals surface area contributed by atoms with Gasteiger partial charge in [0.05, 0.1) is 0 Å². The third kappa shape index (κ3) is 1.06. The van der Waals surface area contributed by atoms with Gasteiger partial charge in [0.1, 0.15) is 5.82 Å². The molecule has 2 rings (SSSR count). The Hall–Kier alpha value is -1.09. The summed E-state index contributed by atoms with van der Waals surface area (Å²) < 4.78 is 12.6. The van der Waals surface area contributed by atoms with Crippen LogP contribution in [0.3, 0.4) is 0 Å². The van der Waals surface area contributed by atoms with Crippen LogP contribution < -0.4 is 11.5 Å². The van der Waals surface area contributed by atoms with Crippen molar-refractivity contribution in [2.24, 2.45) is 5.73 Å². The van der Waals surface area contributed by atoms with Gasteiger partial charge < -0.3 is 11.5 Å². The molecule has 1 fully saturated rings. The fraction of sp³-hybridized carbons (Fsp3) is 0.333. The highest BCUT2D eigenvalue weighted by molar-refractivity contribution is 5.52. The van der Waals surface area contributed by atoms with Crippen LogP contribution in [0.2, 0.25) is 0 Å². The van der Waals surface area contributed by atoms with Crippen LogP contribution in [0.4, 0.5) is 10.1 Å². The molecule has 0 saturated heterocycles. The highest BCUT2D eigenvalue weighted by atomic mass is 19.1. The van der Waals surface area contributed by atoms with E-state index in [0.717, 1.165) is 18.4 Å². The molecule has 3 heteroatoms. The van der Waals surface area contributed by atoms with Gasteiger partial charge in [-0.2, -0.15) is 0 Å². The molecule has 4 N–H and O–H groups in total. The van der Waals surface area contributed by atoms with Crippen molar-refractivity contribution in [3.63, 3.8) is 0 Å². The maximum absolute atomic E-state index is 12.6. The molecule has 1 aromatic rings. The lowest BCUT2D eigenvalue weighted by Gasteiger charge is -2.11. The topological polar surface area (TPSA) is 52.0 Å². The molecular weight excluding hydrogens is 155 g/mol. The molecule has 0 radical (unpaired) electrons. The monoisotopic (exact) mass is 166 g/mol. The molecule has 64 valence electrons. The average molecular weight is 166 g/mol. The second kappa shape index (κ2) is 2.20. The van der Waals surface area contributed by atoms with E-state index in [0.29, 0.717) is 5.69 Å². The van der Waals surface area contributed by atoms with Gasteiger partial charge in [0.15, 0.2) is 0 Å². The molecule has 1 aromatic carbocycles. The fourth-order valence-electron chi connectivity index (χ4n) is 1.39. The highest BCUT2D eigenvalue weighted by Gasteiger charge is 2.41. The van der Waals surface area contributed by atoms with E-state index < -0.39 is 0 Å². The Morgan fingerprint density at radius 3 is 2.50 bits per heavy atom. The zero-order chi connectivity index (χ0) is 8.77. The van der Waals surface area contributed by atoms with Gasteiger partial charge in [0.2, 0.25) is 0 Å². The minimum absolute atomic E-state index is 0.266. The summed E-state index contributed by atoms with van der Waals surface area (Å²) in [5.41, 5.74) is 12.6. The molecule has 0 atom stereocenters. The van der Waals surface area contributed by atoms with Crippen molar-refractivity contribution in [3.05, 3.63) is 29.6 Å². The molecule has 0 aromatic heterocycles. The number of nitrogen functional groups attached to an aromatic ring is 1. The minimum atomic E-state index is -0.305. The van der Waals surface area contributed by atoms with Crippen LogP contribution in [0.1, 0.15) is 18.4 Å². The van der Waals surface area contributed by atoms with E-state index in [1.54, 1.807) is 6.07 Å². The zero-order valence-electron chi connectivity index (χ0n) is 6.68. The molecule has 0 spiro atoms. The number of hydrogen-bond donors (Lipinski definition) is 2. The summed E-state index contributed by atoms with van der Waals surface area (Å²) in [6, 6.07) is 4.40. The van der Waals surface area contributed by atoms with E-state index in [-0.39, 0.29) is 11.4 Å². The van der Waals surface area contributed by atoms with Crippen molar-refractivity contribution < 1.29 is 4.39 Å². The average Bonchev–Trinajstić information content (AvgIpc) is 2.68. The predicted octanol–water partition coefficient (Wildman–Crippen LogP) is 1.36. The highest BCUT2D eigenvalue weighted by Crippen LogP contribution is 2.44. The smallest absolute Gasteiger partial charge is 0.125 e. The van der Waals surface area contributed by atoms with E-state index in [1.165, 1.54) is 12.1 Å². The van der Waals surface area contributed by atoms with Crippen molar-refractivity contribution in [1.82, 2.24) is 0 Å². The molecule has 0 bridgehead atoms. The first-order valence-electron chi connectivity index (χ1n) is 3.96. The van der Waals surface area contributed by atoms with E-state index in [4.69, 9.17) is 11.5 Å². The Morgan fingerprint density at radius 2 is 2.00 bits per heavy atom. The number of benzene rings is 1. The van der Waals surface area contributed by atoms with E-state index in [1.807, 2.05) is 0 Å². The quantitative estimate of drug-likeness (QED) is 0.619. The maximum atomic E-state index is 12.6. The van der Waals surface area contributed by atoms with Gasteiger partial charge in [-0.25, -0.2) is 4.39 Å². The first kappa shape index (κ1) is 7.55. The van der Waals surface area contributed by atoms with Crippen LogP contribution in [0, 0.1) is 5.82 Å². The standard InChI is InChI=1S/C9H11FN2/c10-6-1-2-7(8(11)5-6)9(12)3-4-9/h1-2,5H,3-4,11-12H2. The Kier molecular flexibility index (Phi) is 1.38. The van der Waals surface area contributed by atoms with Gasteiger partial charge in [-0.1, -0.05) is 6.07 Å². The van der Waals surface area contributed by atoms with Crippen molar-refractivity contribution >= 4 is 5.69 Å². The molecule has 0 aliphatic heterocycles. The Morgan fingerprint density at radius 1 is 1.33 bits per heavy atom. The van der Waals surface area contributed by atoms with E-state index >= 15 is 0 Å². The molecule has 0 amide bonds. The van der Waals surface area contributed by atoms with Crippen LogP contribution in [0.25, 0.3) is 0 Å². The number of hydrogen-bond acceptors (Lipinski definition) is 2. The number of anilines is 1. The van der Waals surface area contributed by atoms with Gasteiger partial charge in [0.25, 0.3) is 0 Å². The number of halogens is 1. The molecule has 0 unspecified atom stereocenters. The SMILES string of the molecule is Nc1cc(F)ccc1C1(N)CC1. The summed E-state index contributed by atoms with van der Waals surface area (Å²) in [4.78, 5) is 0. The summed E-state index contributed by atoms with van der Waals surface area (Å²) in [6.45, 7) is 0. The van der Waals surface area contributed by atoms with Crippen molar-refractivity contribution in [2.45, 2.75) is 18.4 Å². The zero-order valence-corrected chi connectivity index (χ0v) is 6.68. The molecule has 1 saturated carbocycles. The first-order chi connectivity index (χ1) is 5.62. The van der Waals surface area contributed by atoms with E-state index in [9.17, 15) is 4.39 Å². The van der Waals surface area contributed by atoms with Gasteiger partial charge >= 0.3 is 0 Å². The Labute approximate surface area is 70.4 Å². The third-order valence-corrected chi connectivity index (χ3v) is 2.34. The molecular formula is C9H11FN2. The van der Waals surface area contributed by atoms with Crippen molar-refractivity contribution in [1.29, 1.82) is 0 Å². The molecule has 0 heterocycles. The Bertz CT molecular complexity index is 318. The van der Waals surface area contributed by atoms with Crippen LogP contribution in [0.15, 0.2) is 18.2 Å². The molecule has 1 aliphatic carbocycles. The lowest BCUT2D eigenvalue weighted by atomic mass is 10.0.